The molecule has 4 aromatic rings. The van der Waals surface area contributed by atoms with Crippen LogP contribution in [-0.2, 0) is 32.2 Å². The molecule has 3 aliphatic rings. The molecule has 0 amide bonds. The van der Waals surface area contributed by atoms with Crippen molar-refractivity contribution in [1.82, 2.24) is 39.0 Å². The largest absolute Gasteiger partial charge is 0.472 e. The van der Waals surface area contributed by atoms with Crippen LogP contribution in [0.25, 0.3) is 22.3 Å². The smallest absolute Gasteiger partial charge is 0.390 e. The van der Waals surface area contributed by atoms with Gasteiger partial charge in [-0.3, -0.25) is 27.5 Å². The van der Waals surface area contributed by atoms with E-state index in [2.05, 4.69) is 29.9 Å². The number of fused-ring (bicyclic) bond motifs is 5. The molecule has 7 N–H and O–H groups in total. The highest BCUT2D eigenvalue weighted by Gasteiger charge is 2.67. The normalized spacial score (nSPS) is 37.8. The van der Waals surface area contributed by atoms with Gasteiger partial charge in [-0.25, -0.2) is 29.5 Å². The molecule has 254 valence electrons. The zero-order chi connectivity index (χ0) is 33.6. The minimum atomic E-state index is -6.13. The van der Waals surface area contributed by atoms with Gasteiger partial charge in [-0.15, -0.1) is 0 Å². The molecule has 0 aliphatic carbocycles. The van der Waals surface area contributed by atoms with Gasteiger partial charge in [0.25, 0.3) is 5.56 Å². The van der Waals surface area contributed by atoms with E-state index in [4.69, 9.17) is 28.8 Å². The third kappa shape index (κ3) is 5.18. The van der Waals surface area contributed by atoms with E-state index in [1.165, 1.54) is 6.92 Å². The molecule has 10 atom stereocenters. The number of phosphoric acid groups is 1. The van der Waals surface area contributed by atoms with Gasteiger partial charge in [0, 0.05) is 0 Å². The maximum atomic E-state index is 16.2. The number of nitrogen functional groups attached to an aromatic ring is 1. The number of anilines is 1. The number of aliphatic hydroxyl groups excluding tert-OH is 2. The van der Waals surface area contributed by atoms with E-state index in [9.17, 15) is 33.9 Å². The Kier molecular flexibility index (Phi) is 7.61. The Bertz CT molecular complexity index is 2030. The minimum absolute atomic E-state index is 0.0289. The number of phosphoric ester groups is 1. The molecule has 21 nitrogen and oxygen atoms in total. The Hall–Kier alpha value is -3.34. The summed E-state index contributed by atoms with van der Waals surface area (Å²) in [7, 11) is -11.4. The molecule has 0 aromatic carbocycles. The topological polar surface area (TPSA) is 294 Å². The van der Waals surface area contributed by atoms with Gasteiger partial charge < -0.3 is 44.7 Å². The van der Waals surface area contributed by atoms with Gasteiger partial charge >= 0.3 is 21.1 Å². The van der Waals surface area contributed by atoms with E-state index >= 15 is 8.78 Å². The Labute approximate surface area is 259 Å². The van der Waals surface area contributed by atoms with Crippen LogP contribution in [0.4, 0.5) is 14.6 Å². The second-order valence-corrected chi connectivity index (χ2v) is 14.2. The van der Waals surface area contributed by atoms with Gasteiger partial charge in [0.2, 0.25) is 0 Å². The van der Waals surface area contributed by atoms with Crippen molar-refractivity contribution >= 4 is 43.6 Å². The number of aromatic nitrogens is 8. The first-order chi connectivity index (χ1) is 22.1. The standard InChI is InChI=1S/C22H25F2N9O12P2/c1-7-30-18-12(19(36)31-7)29-6-33(18)20-10-13(34)8(43-20)2-42-47(39,40)45-15-9(3-41-46(37,38)22(10,23)24)44-21(14(15)35)32-5-28-11-16(25)26-4-27-17(11)32/h4-6,8-10,13-15,20-21,34-35H,2-3H2,1H3,(H,37,38)(H,39,40)(H2,25,26,27)(H,30,31,36)/t8-,9-,10+,13?,14?,15+,20-,21-/m1/s1. The van der Waals surface area contributed by atoms with Crippen molar-refractivity contribution < 1.29 is 61.0 Å². The fourth-order valence-corrected chi connectivity index (χ4v) is 7.93. The Morgan fingerprint density at radius 1 is 0.957 bits per heavy atom. The number of hydrogen-bond donors (Lipinski definition) is 6. The number of alkyl halides is 2. The summed E-state index contributed by atoms with van der Waals surface area (Å²) in [5.74, 6) is -2.56. The number of hydrogen-bond acceptors (Lipinski definition) is 16. The first-order valence-electron chi connectivity index (χ1n) is 13.6. The van der Waals surface area contributed by atoms with E-state index in [1.807, 2.05) is 0 Å². The van der Waals surface area contributed by atoms with Crippen LogP contribution in [0.15, 0.2) is 23.8 Å². The monoisotopic (exact) mass is 707 g/mol. The number of ether oxygens (including phenoxy) is 2. The molecular weight excluding hydrogens is 682 g/mol. The summed E-state index contributed by atoms with van der Waals surface area (Å²) in [5, 5.41) is 22.1. The summed E-state index contributed by atoms with van der Waals surface area (Å²) in [6.45, 7) is -0.863. The van der Waals surface area contributed by atoms with Gasteiger partial charge in [0.15, 0.2) is 28.9 Å². The maximum Gasteiger partial charge on any atom is 0.472 e. The summed E-state index contributed by atoms with van der Waals surface area (Å²) >= 11 is 0. The number of imidazole rings is 2. The molecule has 25 heteroatoms. The fourth-order valence-electron chi connectivity index (χ4n) is 5.79. The first kappa shape index (κ1) is 32.2. The zero-order valence-corrected chi connectivity index (χ0v) is 25.5. The molecule has 7 rings (SSSR count). The lowest BCUT2D eigenvalue weighted by atomic mass is 10.00. The van der Waals surface area contributed by atoms with Crippen LogP contribution < -0.4 is 11.3 Å². The van der Waals surface area contributed by atoms with Crippen LogP contribution in [0.3, 0.4) is 0 Å². The number of nitrogens with two attached hydrogens (primary N) is 1. The molecule has 2 bridgehead atoms. The molecule has 0 spiro atoms. The van der Waals surface area contributed by atoms with E-state index in [0.717, 1.165) is 28.1 Å². The van der Waals surface area contributed by atoms with E-state index in [1.54, 1.807) is 0 Å². The van der Waals surface area contributed by atoms with Crippen LogP contribution in [-0.4, -0.2) is 108 Å². The summed E-state index contributed by atoms with van der Waals surface area (Å²) in [5.41, 5.74) is -0.127. The fraction of sp³-hybridized carbons (Fsp3) is 0.545. The van der Waals surface area contributed by atoms with Crippen LogP contribution >= 0.6 is 15.4 Å². The number of rotatable bonds is 2. The predicted molar refractivity (Wildman–Crippen MR) is 147 cm³/mol. The van der Waals surface area contributed by atoms with Gasteiger partial charge in [-0.1, -0.05) is 0 Å². The maximum absolute atomic E-state index is 16.2. The Balaban J connectivity index is 1.26. The second-order valence-electron chi connectivity index (χ2n) is 10.9. The Morgan fingerprint density at radius 2 is 1.62 bits per heavy atom. The van der Waals surface area contributed by atoms with Crippen molar-refractivity contribution in [3.05, 3.63) is 35.2 Å². The van der Waals surface area contributed by atoms with Gasteiger partial charge in [-0.2, -0.15) is 8.78 Å². The third-order valence-corrected chi connectivity index (χ3v) is 10.6. The number of aliphatic hydroxyl groups is 2. The van der Waals surface area contributed by atoms with E-state index in [-0.39, 0.29) is 34.0 Å². The summed E-state index contributed by atoms with van der Waals surface area (Å²) in [4.78, 5) is 55.9. The summed E-state index contributed by atoms with van der Waals surface area (Å²) in [6.07, 6.45) is -10.0. The number of halogens is 2. The average Bonchev–Trinajstić information content (AvgIpc) is 3.75. The van der Waals surface area contributed by atoms with Crippen molar-refractivity contribution in [1.29, 1.82) is 0 Å². The first-order valence-corrected chi connectivity index (χ1v) is 16.7. The average molecular weight is 707 g/mol. The van der Waals surface area contributed by atoms with Gasteiger partial charge in [0.05, 0.1) is 32.0 Å². The second kappa shape index (κ2) is 11.1. The molecule has 4 unspecified atom stereocenters. The zero-order valence-electron chi connectivity index (χ0n) is 23.7. The van der Waals surface area contributed by atoms with Crippen LogP contribution in [0.5, 0.6) is 0 Å². The molecule has 0 saturated carbocycles. The van der Waals surface area contributed by atoms with E-state index < -0.39 is 88.7 Å². The molecule has 47 heavy (non-hydrogen) atoms. The third-order valence-electron chi connectivity index (χ3n) is 8.01. The van der Waals surface area contributed by atoms with E-state index in [0.29, 0.717) is 0 Å². The highest BCUT2D eigenvalue weighted by molar-refractivity contribution is 7.54. The predicted octanol–water partition coefficient (Wildman–Crippen LogP) is -0.706. The van der Waals surface area contributed by atoms with Gasteiger partial charge in [-0.05, 0) is 6.92 Å². The lowest BCUT2D eigenvalue weighted by Crippen LogP contribution is -2.42. The number of aryl methyl sites for hydroxylation is 1. The number of H-pyrrole nitrogens is 1. The van der Waals surface area contributed by atoms with Crippen molar-refractivity contribution in [2.24, 2.45) is 5.92 Å². The van der Waals surface area contributed by atoms with Crippen molar-refractivity contribution in [2.75, 3.05) is 18.9 Å². The molecule has 0 radical (unpaired) electrons. The summed E-state index contributed by atoms with van der Waals surface area (Å²) < 4.78 is 87.1. The van der Waals surface area contributed by atoms with Crippen molar-refractivity contribution in [3.63, 3.8) is 0 Å². The minimum Gasteiger partial charge on any atom is -0.390 e. The number of nitrogens with zero attached hydrogens (tertiary/aromatic N) is 7. The highest BCUT2D eigenvalue weighted by Crippen LogP contribution is 2.66. The lowest BCUT2D eigenvalue weighted by Gasteiger charge is -2.32. The highest BCUT2D eigenvalue weighted by atomic mass is 31.2. The van der Waals surface area contributed by atoms with Gasteiger partial charge in [0.1, 0.15) is 54.2 Å². The van der Waals surface area contributed by atoms with Crippen LogP contribution in [0.1, 0.15) is 18.3 Å². The number of nitrogens with one attached hydrogen (secondary N) is 1. The quantitative estimate of drug-likeness (QED) is 0.140. The van der Waals surface area contributed by atoms with Crippen molar-refractivity contribution in [2.45, 2.75) is 55.6 Å². The molecule has 3 aliphatic heterocycles. The SMILES string of the molecule is Cc1nc2c(ncn2[C@@H]2O[C@@H]3COP(=O)(O)O[C@@H]4C(O)[C@H](n5cnc6c(N)ncnc65)O[C@@H]4COP(=O)(O)C(F)(F)[C@H]2C3O)c(=O)[nH]1. The molecular formula is C22H25F2N9O12P2. The Morgan fingerprint density at radius 3 is 2.36 bits per heavy atom. The molecule has 4 aromatic heterocycles. The summed E-state index contributed by atoms with van der Waals surface area (Å²) in [6, 6.07) is 0. The lowest BCUT2D eigenvalue weighted by molar-refractivity contribution is -0.0911. The molecule has 3 saturated heterocycles. The van der Waals surface area contributed by atoms with Crippen molar-refractivity contribution in [3.8, 4) is 0 Å². The number of aromatic amines is 1. The molecule has 3 fully saturated rings. The van der Waals surface area contributed by atoms with Crippen LogP contribution in [0, 0.1) is 12.8 Å². The molecule has 7 heterocycles. The van der Waals surface area contributed by atoms with Crippen LogP contribution in [0.2, 0.25) is 0 Å².